The molecule has 2 aromatic rings. The molecule has 0 amide bonds. The van der Waals surface area contributed by atoms with Crippen molar-refractivity contribution in [2.75, 3.05) is 19.6 Å². The van der Waals surface area contributed by atoms with Gasteiger partial charge in [-0.25, -0.2) is 4.99 Å². The van der Waals surface area contributed by atoms with Gasteiger partial charge in [-0.3, -0.25) is 0 Å². The fourth-order valence-electron chi connectivity index (χ4n) is 3.20. The number of aliphatic imine (C=N–C) groups is 1. The summed E-state index contributed by atoms with van der Waals surface area (Å²) < 4.78 is 5.40. The van der Waals surface area contributed by atoms with E-state index in [1.807, 2.05) is 6.07 Å². The van der Waals surface area contributed by atoms with Crippen molar-refractivity contribution in [3.8, 4) is 0 Å². The van der Waals surface area contributed by atoms with E-state index in [0.717, 1.165) is 43.5 Å². The molecule has 1 unspecified atom stereocenters. The van der Waals surface area contributed by atoms with Crippen molar-refractivity contribution in [2.45, 2.75) is 45.6 Å². The van der Waals surface area contributed by atoms with Gasteiger partial charge in [-0.05, 0) is 24.8 Å². The summed E-state index contributed by atoms with van der Waals surface area (Å²) in [5.74, 6) is 2.73. The highest BCUT2D eigenvalue weighted by Crippen LogP contribution is 2.27. The van der Waals surface area contributed by atoms with Crippen LogP contribution in [0, 0.1) is 0 Å². The van der Waals surface area contributed by atoms with Crippen LogP contribution in [0.2, 0.25) is 0 Å². The molecular weight excluding hydrogens is 439 g/mol. The quantitative estimate of drug-likeness (QED) is 0.402. The SMILES string of the molecule is CCNC(=NCc1cc(C(C)C)no1)N1CCC(c2ccccc2)C1.I. The van der Waals surface area contributed by atoms with Crippen LogP contribution in [0.5, 0.6) is 0 Å². The molecule has 0 saturated carbocycles. The molecule has 0 radical (unpaired) electrons. The summed E-state index contributed by atoms with van der Waals surface area (Å²) in [5, 5.41) is 7.52. The van der Waals surface area contributed by atoms with Gasteiger partial charge in [0.25, 0.3) is 0 Å². The van der Waals surface area contributed by atoms with Gasteiger partial charge in [0.1, 0.15) is 6.54 Å². The van der Waals surface area contributed by atoms with Crippen LogP contribution in [0.15, 0.2) is 45.9 Å². The van der Waals surface area contributed by atoms with Crippen molar-refractivity contribution in [1.29, 1.82) is 0 Å². The van der Waals surface area contributed by atoms with E-state index in [2.05, 4.69) is 66.5 Å². The summed E-state index contributed by atoms with van der Waals surface area (Å²) >= 11 is 0. The molecule has 0 aliphatic carbocycles. The third-order valence-electron chi connectivity index (χ3n) is 4.65. The van der Waals surface area contributed by atoms with Gasteiger partial charge in [0, 0.05) is 31.6 Å². The molecule has 1 atom stereocenters. The second kappa shape index (κ2) is 9.94. The van der Waals surface area contributed by atoms with Crippen LogP contribution in [0.3, 0.4) is 0 Å². The zero-order chi connectivity index (χ0) is 17.6. The lowest BCUT2D eigenvalue weighted by molar-refractivity contribution is 0.375. The molecule has 1 aliphatic rings. The zero-order valence-corrected chi connectivity index (χ0v) is 18.1. The first kappa shape index (κ1) is 20.7. The third-order valence-corrected chi connectivity index (χ3v) is 4.65. The number of hydrogen-bond donors (Lipinski definition) is 1. The molecule has 3 rings (SSSR count). The zero-order valence-electron chi connectivity index (χ0n) is 15.8. The summed E-state index contributed by atoms with van der Waals surface area (Å²) in [7, 11) is 0. The highest BCUT2D eigenvalue weighted by molar-refractivity contribution is 14.0. The van der Waals surface area contributed by atoms with Gasteiger partial charge in [-0.1, -0.05) is 49.3 Å². The highest BCUT2D eigenvalue weighted by Gasteiger charge is 2.25. The van der Waals surface area contributed by atoms with Crippen molar-refractivity contribution in [3.05, 3.63) is 53.4 Å². The van der Waals surface area contributed by atoms with Crippen molar-refractivity contribution in [2.24, 2.45) is 4.99 Å². The molecule has 1 aliphatic heterocycles. The first-order valence-electron chi connectivity index (χ1n) is 9.21. The summed E-state index contributed by atoms with van der Waals surface area (Å²) in [6.07, 6.45) is 1.16. The minimum absolute atomic E-state index is 0. The Morgan fingerprint density at radius 1 is 1.35 bits per heavy atom. The molecule has 142 valence electrons. The second-order valence-corrected chi connectivity index (χ2v) is 6.89. The second-order valence-electron chi connectivity index (χ2n) is 6.89. The largest absolute Gasteiger partial charge is 0.359 e. The van der Waals surface area contributed by atoms with E-state index < -0.39 is 0 Å². The molecule has 1 fully saturated rings. The molecule has 26 heavy (non-hydrogen) atoms. The van der Waals surface area contributed by atoms with Gasteiger partial charge in [0.2, 0.25) is 0 Å². The van der Waals surface area contributed by atoms with Crippen LogP contribution >= 0.6 is 24.0 Å². The number of nitrogens with one attached hydrogen (secondary N) is 1. The maximum Gasteiger partial charge on any atom is 0.194 e. The molecule has 2 heterocycles. The van der Waals surface area contributed by atoms with Gasteiger partial charge in [-0.15, -0.1) is 24.0 Å². The molecule has 1 N–H and O–H groups in total. The van der Waals surface area contributed by atoms with Crippen molar-refractivity contribution in [1.82, 2.24) is 15.4 Å². The Morgan fingerprint density at radius 2 is 2.12 bits per heavy atom. The van der Waals surface area contributed by atoms with Crippen LogP contribution in [0.25, 0.3) is 0 Å². The van der Waals surface area contributed by atoms with E-state index in [-0.39, 0.29) is 24.0 Å². The minimum Gasteiger partial charge on any atom is -0.359 e. The molecule has 6 heteroatoms. The van der Waals surface area contributed by atoms with Gasteiger partial charge >= 0.3 is 0 Å². The monoisotopic (exact) mass is 468 g/mol. The van der Waals surface area contributed by atoms with E-state index in [1.165, 1.54) is 5.56 Å². The first-order valence-corrected chi connectivity index (χ1v) is 9.21. The molecular formula is C20H29IN4O. The number of benzene rings is 1. The normalized spacial score (nSPS) is 17.5. The van der Waals surface area contributed by atoms with Crippen LogP contribution in [-0.2, 0) is 6.54 Å². The number of rotatable bonds is 5. The average molecular weight is 468 g/mol. The van der Waals surface area contributed by atoms with Crippen LogP contribution < -0.4 is 5.32 Å². The maximum absolute atomic E-state index is 5.40. The van der Waals surface area contributed by atoms with Crippen LogP contribution in [-0.4, -0.2) is 35.7 Å². The molecule has 1 aromatic heterocycles. The van der Waals surface area contributed by atoms with Gasteiger partial charge < -0.3 is 14.7 Å². The van der Waals surface area contributed by atoms with E-state index in [4.69, 9.17) is 9.52 Å². The Hall–Kier alpha value is -1.57. The third kappa shape index (κ3) is 5.22. The lowest BCUT2D eigenvalue weighted by Crippen LogP contribution is -2.40. The molecule has 1 saturated heterocycles. The summed E-state index contributed by atoms with van der Waals surface area (Å²) in [4.78, 5) is 7.11. The number of likely N-dealkylation sites (tertiary alicyclic amines) is 1. The van der Waals surface area contributed by atoms with Crippen molar-refractivity contribution < 1.29 is 4.52 Å². The minimum atomic E-state index is 0. The Morgan fingerprint density at radius 3 is 2.77 bits per heavy atom. The molecule has 5 nitrogen and oxygen atoms in total. The van der Waals surface area contributed by atoms with Crippen molar-refractivity contribution >= 4 is 29.9 Å². The lowest BCUT2D eigenvalue weighted by atomic mass is 9.99. The molecule has 0 bridgehead atoms. The topological polar surface area (TPSA) is 53.7 Å². The van der Waals surface area contributed by atoms with Gasteiger partial charge in [0.05, 0.1) is 5.69 Å². The Labute approximate surface area is 173 Å². The summed E-state index contributed by atoms with van der Waals surface area (Å²) in [5.41, 5.74) is 2.40. The number of aromatic nitrogens is 1. The van der Waals surface area contributed by atoms with Crippen LogP contribution in [0.1, 0.15) is 56.0 Å². The smallest absolute Gasteiger partial charge is 0.194 e. The number of guanidine groups is 1. The summed E-state index contributed by atoms with van der Waals surface area (Å²) in [6.45, 7) is 9.74. The van der Waals surface area contributed by atoms with Crippen molar-refractivity contribution in [3.63, 3.8) is 0 Å². The predicted octanol–water partition coefficient (Wildman–Crippen LogP) is 4.37. The molecule has 0 spiro atoms. The predicted molar refractivity (Wildman–Crippen MR) is 116 cm³/mol. The summed E-state index contributed by atoms with van der Waals surface area (Å²) in [6, 6.07) is 12.8. The number of halogens is 1. The van der Waals surface area contributed by atoms with E-state index in [9.17, 15) is 0 Å². The number of nitrogens with zero attached hydrogens (tertiary/aromatic N) is 3. The Bertz CT molecular complexity index is 699. The Kier molecular flexibility index (Phi) is 7.93. The lowest BCUT2D eigenvalue weighted by Gasteiger charge is -2.21. The average Bonchev–Trinajstić information content (AvgIpc) is 3.29. The van der Waals surface area contributed by atoms with E-state index >= 15 is 0 Å². The standard InChI is InChI=1S/C20H28N4O.HI/c1-4-21-20(22-13-18-12-19(15(2)3)23-25-18)24-11-10-17(14-24)16-8-6-5-7-9-16;/h5-9,12,15,17H,4,10-11,13-14H2,1-3H3,(H,21,22);1H. The molecule has 1 aromatic carbocycles. The highest BCUT2D eigenvalue weighted by atomic mass is 127. The van der Waals surface area contributed by atoms with Gasteiger partial charge in [-0.2, -0.15) is 0 Å². The fraction of sp³-hybridized carbons (Fsp3) is 0.500. The van der Waals surface area contributed by atoms with Gasteiger partial charge in [0.15, 0.2) is 11.7 Å². The van der Waals surface area contributed by atoms with E-state index in [1.54, 1.807) is 0 Å². The fourth-order valence-corrected chi connectivity index (χ4v) is 3.20. The van der Waals surface area contributed by atoms with E-state index in [0.29, 0.717) is 18.4 Å². The maximum atomic E-state index is 5.40. The first-order chi connectivity index (χ1) is 12.2. The Balaban J connectivity index is 0.00000243. The number of hydrogen-bond acceptors (Lipinski definition) is 3. The van der Waals surface area contributed by atoms with Crippen LogP contribution in [0.4, 0.5) is 0 Å².